The number of thiophene rings is 1. The minimum atomic E-state index is -0.526. The Morgan fingerprint density at radius 1 is 1.19 bits per heavy atom. The highest BCUT2D eigenvalue weighted by molar-refractivity contribution is 7.99. The van der Waals surface area contributed by atoms with Gasteiger partial charge in [0.15, 0.2) is 5.16 Å². The molecule has 1 amide bonds. The molecule has 0 atom stereocenters. The number of fused-ring (bicyclic) bond motifs is 3. The summed E-state index contributed by atoms with van der Waals surface area (Å²) in [4.78, 5) is 43.9. The number of methoxy groups -OCH3 is 2. The Bertz CT molecular complexity index is 1220. The number of hydrogen-bond donors (Lipinski definition) is 1. The predicted octanol–water partition coefficient (Wildman–Crippen LogP) is 2.72. The summed E-state index contributed by atoms with van der Waals surface area (Å²) in [7, 11) is 2.84. The molecule has 0 radical (unpaired) electrons. The van der Waals surface area contributed by atoms with Gasteiger partial charge in [-0.05, 0) is 55.5 Å². The molecule has 4 rings (SSSR count). The average Bonchev–Trinajstić information content (AvgIpc) is 3.20. The monoisotopic (exact) mass is 473 g/mol. The van der Waals surface area contributed by atoms with E-state index in [0.717, 1.165) is 43.0 Å². The zero-order valence-corrected chi connectivity index (χ0v) is 19.4. The lowest BCUT2D eigenvalue weighted by Crippen LogP contribution is -2.31. The summed E-state index contributed by atoms with van der Waals surface area (Å²) in [5.41, 5.74) is 1.64. The molecule has 10 heteroatoms. The number of amides is 1. The van der Waals surface area contributed by atoms with E-state index < -0.39 is 5.97 Å². The lowest BCUT2D eigenvalue weighted by molar-refractivity contribution is -0.140. The third kappa shape index (κ3) is 4.51. The molecule has 0 saturated heterocycles. The van der Waals surface area contributed by atoms with Crippen LogP contribution in [-0.2, 0) is 27.2 Å². The van der Waals surface area contributed by atoms with Crippen molar-refractivity contribution >= 4 is 45.2 Å². The SMILES string of the molecule is COC(=O)CNC(=O)CSc1nc2sc3c(c2c(=O)n1-c1ccc(OC)cc1)CCCC3. The second-order valence-corrected chi connectivity index (χ2v) is 9.29. The maximum absolute atomic E-state index is 13.7. The number of carbonyl (C=O) groups excluding carboxylic acids is 2. The fourth-order valence-electron chi connectivity index (χ4n) is 3.67. The van der Waals surface area contributed by atoms with E-state index in [1.165, 1.54) is 12.0 Å². The van der Waals surface area contributed by atoms with Gasteiger partial charge in [0.25, 0.3) is 5.56 Å². The van der Waals surface area contributed by atoms with Crippen molar-refractivity contribution in [2.75, 3.05) is 26.5 Å². The Morgan fingerprint density at radius 3 is 2.66 bits per heavy atom. The van der Waals surface area contributed by atoms with Crippen molar-refractivity contribution in [3.8, 4) is 11.4 Å². The van der Waals surface area contributed by atoms with Crippen molar-refractivity contribution in [2.45, 2.75) is 30.8 Å². The Morgan fingerprint density at radius 2 is 1.94 bits per heavy atom. The molecule has 1 N–H and O–H groups in total. The number of esters is 1. The second-order valence-electron chi connectivity index (χ2n) is 7.27. The van der Waals surface area contributed by atoms with Gasteiger partial charge in [0.1, 0.15) is 17.1 Å². The molecule has 0 bridgehead atoms. The third-order valence-electron chi connectivity index (χ3n) is 5.28. The Labute approximate surface area is 192 Å². The number of aryl methyl sites for hydroxylation is 2. The maximum atomic E-state index is 13.7. The molecule has 2 aromatic heterocycles. The Kier molecular flexibility index (Phi) is 6.80. The third-order valence-corrected chi connectivity index (χ3v) is 7.40. The molecule has 1 aromatic carbocycles. The first kappa shape index (κ1) is 22.3. The van der Waals surface area contributed by atoms with Crippen molar-refractivity contribution in [1.29, 1.82) is 0 Å². The summed E-state index contributed by atoms with van der Waals surface area (Å²) in [6.45, 7) is -0.203. The zero-order chi connectivity index (χ0) is 22.7. The number of ether oxygens (including phenoxy) is 2. The molecule has 0 spiro atoms. The first-order chi connectivity index (χ1) is 15.5. The van der Waals surface area contributed by atoms with Crippen LogP contribution in [0, 0.1) is 0 Å². The molecule has 0 fully saturated rings. The van der Waals surface area contributed by atoms with Crippen molar-refractivity contribution < 1.29 is 19.1 Å². The van der Waals surface area contributed by atoms with Crippen LogP contribution in [0.1, 0.15) is 23.3 Å². The van der Waals surface area contributed by atoms with Gasteiger partial charge in [0.2, 0.25) is 5.91 Å². The molecule has 168 valence electrons. The van der Waals surface area contributed by atoms with Crippen LogP contribution in [0.2, 0.25) is 0 Å². The van der Waals surface area contributed by atoms with Gasteiger partial charge in [-0.2, -0.15) is 0 Å². The van der Waals surface area contributed by atoms with Crippen LogP contribution in [0.3, 0.4) is 0 Å². The van der Waals surface area contributed by atoms with Crippen molar-refractivity contribution in [2.24, 2.45) is 0 Å². The highest BCUT2D eigenvalue weighted by Crippen LogP contribution is 2.35. The highest BCUT2D eigenvalue weighted by atomic mass is 32.2. The number of benzene rings is 1. The van der Waals surface area contributed by atoms with E-state index in [4.69, 9.17) is 9.72 Å². The predicted molar refractivity (Wildman–Crippen MR) is 124 cm³/mol. The van der Waals surface area contributed by atoms with Crippen molar-refractivity contribution in [1.82, 2.24) is 14.9 Å². The quantitative estimate of drug-likeness (QED) is 0.320. The van der Waals surface area contributed by atoms with E-state index in [9.17, 15) is 14.4 Å². The molecular formula is C22H23N3O5S2. The molecule has 8 nitrogen and oxygen atoms in total. The van der Waals surface area contributed by atoms with Crippen LogP contribution in [0.4, 0.5) is 0 Å². The molecule has 3 aromatic rings. The van der Waals surface area contributed by atoms with Crippen LogP contribution in [0.5, 0.6) is 5.75 Å². The van der Waals surface area contributed by atoms with Crippen LogP contribution in [-0.4, -0.2) is 47.9 Å². The molecule has 0 saturated carbocycles. The van der Waals surface area contributed by atoms with Gasteiger partial charge >= 0.3 is 5.97 Å². The maximum Gasteiger partial charge on any atom is 0.325 e. The van der Waals surface area contributed by atoms with E-state index in [2.05, 4.69) is 10.1 Å². The summed E-state index contributed by atoms with van der Waals surface area (Å²) < 4.78 is 11.3. The second kappa shape index (κ2) is 9.74. The van der Waals surface area contributed by atoms with Gasteiger partial charge in [-0.1, -0.05) is 11.8 Å². The number of carbonyl (C=O) groups is 2. The zero-order valence-electron chi connectivity index (χ0n) is 17.8. The Balaban J connectivity index is 1.73. The van der Waals surface area contributed by atoms with E-state index in [1.54, 1.807) is 47.3 Å². The van der Waals surface area contributed by atoms with Crippen LogP contribution in [0.15, 0.2) is 34.2 Å². The number of thioether (sulfide) groups is 1. The summed E-state index contributed by atoms with van der Waals surface area (Å²) in [6, 6.07) is 7.17. The van der Waals surface area contributed by atoms with Gasteiger partial charge < -0.3 is 14.8 Å². The number of hydrogen-bond acceptors (Lipinski definition) is 8. The number of nitrogens with zero attached hydrogens (tertiary/aromatic N) is 2. The fourth-order valence-corrected chi connectivity index (χ4v) is 5.81. The molecule has 2 heterocycles. The standard InChI is InChI=1S/C22H23N3O5S2/c1-29-14-9-7-13(8-10-14)25-21(28)19-15-5-3-4-6-16(15)32-20(19)24-22(25)31-12-17(26)23-11-18(27)30-2/h7-10H,3-6,11-12H2,1-2H3,(H,23,26). The minimum absolute atomic E-state index is 0.0101. The van der Waals surface area contributed by atoms with Gasteiger partial charge in [-0.3, -0.25) is 19.0 Å². The lowest BCUT2D eigenvalue weighted by Gasteiger charge is -2.14. The van der Waals surface area contributed by atoms with Crippen molar-refractivity contribution in [3.05, 3.63) is 45.1 Å². The van der Waals surface area contributed by atoms with E-state index in [-0.39, 0.29) is 23.8 Å². The van der Waals surface area contributed by atoms with Gasteiger partial charge in [-0.15, -0.1) is 11.3 Å². The van der Waals surface area contributed by atoms with Crippen LogP contribution >= 0.6 is 23.1 Å². The van der Waals surface area contributed by atoms with Crippen molar-refractivity contribution in [3.63, 3.8) is 0 Å². The first-order valence-corrected chi connectivity index (χ1v) is 12.0. The number of rotatable bonds is 7. The molecule has 1 aliphatic rings. The lowest BCUT2D eigenvalue weighted by atomic mass is 9.97. The molecule has 1 aliphatic carbocycles. The number of aromatic nitrogens is 2. The summed E-state index contributed by atoms with van der Waals surface area (Å²) in [6.07, 6.45) is 4.04. The van der Waals surface area contributed by atoms with Crippen LogP contribution < -0.4 is 15.6 Å². The van der Waals surface area contributed by atoms with Gasteiger partial charge in [-0.25, -0.2) is 4.98 Å². The van der Waals surface area contributed by atoms with Gasteiger partial charge in [0.05, 0.1) is 31.0 Å². The van der Waals surface area contributed by atoms with E-state index in [1.807, 2.05) is 0 Å². The smallest absolute Gasteiger partial charge is 0.325 e. The molecular weight excluding hydrogens is 450 g/mol. The highest BCUT2D eigenvalue weighted by Gasteiger charge is 2.23. The summed E-state index contributed by atoms with van der Waals surface area (Å²) >= 11 is 2.73. The first-order valence-electron chi connectivity index (χ1n) is 10.2. The van der Waals surface area contributed by atoms with E-state index >= 15 is 0 Å². The number of nitrogens with one attached hydrogen (secondary N) is 1. The average molecular weight is 474 g/mol. The fraction of sp³-hybridized carbons (Fsp3) is 0.364. The summed E-state index contributed by atoms with van der Waals surface area (Å²) in [5.74, 6) is -0.181. The minimum Gasteiger partial charge on any atom is -0.497 e. The topological polar surface area (TPSA) is 99.5 Å². The normalized spacial score (nSPS) is 12.9. The van der Waals surface area contributed by atoms with Crippen LogP contribution in [0.25, 0.3) is 15.9 Å². The molecule has 0 unspecified atom stereocenters. The molecule has 32 heavy (non-hydrogen) atoms. The molecule has 0 aliphatic heterocycles. The van der Waals surface area contributed by atoms with Gasteiger partial charge in [0, 0.05) is 4.88 Å². The Hall–Kier alpha value is -2.85. The van der Waals surface area contributed by atoms with E-state index in [0.29, 0.717) is 26.8 Å². The largest absolute Gasteiger partial charge is 0.497 e. The summed E-state index contributed by atoms with van der Waals surface area (Å²) in [5, 5.41) is 3.62.